The number of nitrogens with one attached hydrogen (secondary N) is 1. The molecule has 1 aromatic carbocycles. The predicted molar refractivity (Wildman–Crippen MR) is 97.1 cm³/mol. The third kappa shape index (κ3) is 5.82. The molecule has 0 aliphatic carbocycles. The van der Waals surface area contributed by atoms with Crippen LogP contribution in [0.5, 0.6) is 0 Å². The molecule has 25 heavy (non-hydrogen) atoms. The SMILES string of the molecule is Cc1ccc(NC(=O)CN(C)CC(=O)N(C)[C@@H]2CCS(=O)(=O)C2)cc1. The van der Waals surface area contributed by atoms with Gasteiger partial charge in [-0.3, -0.25) is 14.5 Å². The Morgan fingerprint density at radius 3 is 2.36 bits per heavy atom. The highest BCUT2D eigenvalue weighted by atomic mass is 32.2. The molecular weight excluding hydrogens is 342 g/mol. The van der Waals surface area contributed by atoms with E-state index < -0.39 is 9.84 Å². The first-order valence-electron chi connectivity index (χ1n) is 8.17. The second-order valence-corrected chi connectivity index (χ2v) is 8.88. The number of aryl methyl sites for hydroxylation is 1. The van der Waals surface area contributed by atoms with E-state index in [0.29, 0.717) is 12.1 Å². The zero-order chi connectivity index (χ0) is 18.6. The number of carbonyl (C=O) groups excluding carboxylic acids is 2. The molecule has 1 aromatic rings. The highest BCUT2D eigenvalue weighted by Crippen LogP contribution is 2.16. The van der Waals surface area contributed by atoms with Crippen molar-refractivity contribution in [2.24, 2.45) is 0 Å². The third-order valence-electron chi connectivity index (χ3n) is 4.30. The molecule has 138 valence electrons. The molecule has 0 aromatic heterocycles. The van der Waals surface area contributed by atoms with E-state index in [-0.39, 0.29) is 42.5 Å². The van der Waals surface area contributed by atoms with E-state index in [4.69, 9.17) is 0 Å². The molecule has 0 unspecified atom stereocenters. The highest BCUT2D eigenvalue weighted by molar-refractivity contribution is 7.91. The van der Waals surface area contributed by atoms with Crippen LogP contribution in [-0.2, 0) is 19.4 Å². The monoisotopic (exact) mass is 367 g/mol. The maximum Gasteiger partial charge on any atom is 0.238 e. The maximum absolute atomic E-state index is 12.3. The Labute approximate surface area is 148 Å². The van der Waals surface area contributed by atoms with Gasteiger partial charge < -0.3 is 10.2 Å². The van der Waals surface area contributed by atoms with Crippen molar-refractivity contribution in [3.8, 4) is 0 Å². The quantitative estimate of drug-likeness (QED) is 0.792. The summed E-state index contributed by atoms with van der Waals surface area (Å²) in [5.74, 6) is -0.241. The van der Waals surface area contributed by atoms with Gasteiger partial charge in [0.2, 0.25) is 11.8 Å². The summed E-state index contributed by atoms with van der Waals surface area (Å²) < 4.78 is 23.1. The summed E-state index contributed by atoms with van der Waals surface area (Å²) in [6, 6.07) is 7.20. The summed E-state index contributed by atoms with van der Waals surface area (Å²) in [6.45, 7) is 2.11. The van der Waals surface area contributed by atoms with Gasteiger partial charge in [-0.15, -0.1) is 0 Å². The van der Waals surface area contributed by atoms with Crippen LogP contribution in [0.4, 0.5) is 5.69 Å². The lowest BCUT2D eigenvalue weighted by Gasteiger charge is -2.26. The van der Waals surface area contributed by atoms with Crippen LogP contribution in [0, 0.1) is 6.92 Å². The minimum absolute atomic E-state index is 0.0207. The number of likely N-dealkylation sites (N-methyl/N-ethyl adjacent to an activating group) is 2. The van der Waals surface area contributed by atoms with Gasteiger partial charge >= 0.3 is 0 Å². The summed E-state index contributed by atoms with van der Waals surface area (Å²) in [7, 11) is 0.275. The van der Waals surface area contributed by atoms with Gasteiger partial charge in [-0.1, -0.05) is 17.7 Å². The topological polar surface area (TPSA) is 86.8 Å². The lowest BCUT2D eigenvalue weighted by Crippen LogP contribution is -2.44. The lowest BCUT2D eigenvalue weighted by atomic mass is 10.2. The van der Waals surface area contributed by atoms with Crippen LogP contribution in [-0.4, -0.2) is 74.8 Å². The number of rotatable bonds is 6. The molecule has 1 aliphatic heterocycles. The van der Waals surface area contributed by atoms with Crippen molar-refractivity contribution in [1.82, 2.24) is 9.80 Å². The summed E-state index contributed by atoms with van der Waals surface area (Å²) in [4.78, 5) is 27.4. The molecule has 1 aliphatic rings. The molecule has 0 saturated carbocycles. The Hall–Kier alpha value is -1.93. The molecule has 0 radical (unpaired) electrons. The Morgan fingerprint density at radius 1 is 1.16 bits per heavy atom. The fourth-order valence-electron chi connectivity index (χ4n) is 2.77. The highest BCUT2D eigenvalue weighted by Gasteiger charge is 2.32. The van der Waals surface area contributed by atoms with Gasteiger partial charge in [0.05, 0.1) is 24.6 Å². The van der Waals surface area contributed by atoms with Gasteiger partial charge in [-0.2, -0.15) is 0 Å². The largest absolute Gasteiger partial charge is 0.341 e. The Morgan fingerprint density at radius 2 is 1.80 bits per heavy atom. The summed E-state index contributed by atoms with van der Waals surface area (Å²) >= 11 is 0. The second-order valence-electron chi connectivity index (χ2n) is 6.65. The van der Waals surface area contributed by atoms with Gasteiger partial charge in [-0.05, 0) is 32.5 Å². The molecule has 1 saturated heterocycles. The summed E-state index contributed by atoms with van der Waals surface area (Å²) in [5, 5.41) is 2.78. The van der Waals surface area contributed by atoms with Crippen LogP contribution < -0.4 is 5.32 Å². The number of benzene rings is 1. The number of nitrogens with zero attached hydrogens (tertiary/aromatic N) is 2. The first-order valence-corrected chi connectivity index (χ1v) is 9.99. The second kappa shape index (κ2) is 7.97. The molecular formula is C17H25N3O4S. The van der Waals surface area contributed by atoms with Crippen molar-refractivity contribution in [1.29, 1.82) is 0 Å². The molecule has 0 bridgehead atoms. The Bertz CT molecular complexity index is 731. The van der Waals surface area contributed by atoms with Crippen LogP contribution in [0.25, 0.3) is 0 Å². The Kier molecular flexibility index (Phi) is 6.18. The number of carbonyl (C=O) groups is 2. The van der Waals surface area contributed by atoms with Crippen molar-refractivity contribution < 1.29 is 18.0 Å². The minimum atomic E-state index is -3.03. The fraction of sp³-hybridized carbons (Fsp3) is 0.529. The van der Waals surface area contributed by atoms with Crippen molar-refractivity contribution >= 4 is 27.3 Å². The van der Waals surface area contributed by atoms with E-state index in [1.54, 1.807) is 19.0 Å². The zero-order valence-electron chi connectivity index (χ0n) is 14.9. The van der Waals surface area contributed by atoms with E-state index in [1.807, 2.05) is 31.2 Å². The van der Waals surface area contributed by atoms with Gasteiger partial charge in [0.25, 0.3) is 0 Å². The van der Waals surface area contributed by atoms with Crippen molar-refractivity contribution in [2.45, 2.75) is 19.4 Å². The average Bonchev–Trinajstić information content (AvgIpc) is 2.88. The van der Waals surface area contributed by atoms with E-state index in [1.165, 1.54) is 4.90 Å². The number of hydrogen-bond acceptors (Lipinski definition) is 5. The number of anilines is 1. The fourth-order valence-corrected chi connectivity index (χ4v) is 4.54. The first kappa shape index (κ1) is 19.4. The number of sulfone groups is 1. The normalized spacial score (nSPS) is 19.0. The van der Waals surface area contributed by atoms with Crippen LogP contribution in [0.1, 0.15) is 12.0 Å². The molecule has 8 heteroatoms. The predicted octanol–water partition coefficient (Wildman–Crippen LogP) is 0.511. The summed E-state index contributed by atoms with van der Waals surface area (Å²) in [5.41, 5.74) is 1.82. The zero-order valence-corrected chi connectivity index (χ0v) is 15.7. The standard InChI is InChI=1S/C17H25N3O4S/c1-13-4-6-14(7-5-13)18-16(21)10-19(2)11-17(22)20(3)15-8-9-25(23,24)12-15/h4-7,15H,8-12H2,1-3H3,(H,18,21)/t15-/m1/s1. The van der Waals surface area contributed by atoms with E-state index in [2.05, 4.69) is 5.32 Å². The summed E-state index contributed by atoms with van der Waals surface area (Å²) in [6.07, 6.45) is 0.474. The molecule has 7 nitrogen and oxygen atoms in total. The lowest BCUT2D eigenvalue weighted by molar-refractivity contribution is -0.132. The van der Waals surface area contributed by atoms with E-state index in [9.17, 15) is 18.0 Å². The smallest absolute Gasteiger partial charge is 0.238 e. The molecule has 1 atom stereocenters. The molecule has 1 N–H and O–H groups in total. The number of amides is 2. The van der Waals surface area contributed by atoms with E-state index in [0.717, 1.165) is 5.56 Å². The van der Waals surface area contributed by atoms with Gasteiger partial charge in [0, 0.05) is 18.8 Å². The van der Waals surface area contributed by atoms with Crippen molar-refractivity contribution in [2.75, 3.05) is 44.0 Å². The van der Waals surface area contributed by atoms with Crippen molar-refractivity contribution in [3.05, 3.63) is 29.8 Å². The minimum Gasteiger partial charge on any atom is -0.341 e. The molecule has 1 fully saturated rings. The van der Waals surface area contributed by atoms with Crippen LogP contribution in [0.15, 0.2) is 24.3 Å². The van der Waals surface area contributed by atoms with Gasteiger partial charge in [0.1, 0.15) is 0 Å². The number of hydrogen-bond donors (Lipinski definition) is 1. The molecule has 2 rings (SSSR count). The maximum atomic E-state index is 12.3. The van der Waals surface area contributed by atoms with E-state index >= 15 is 0 Å². The molecule has 1 heterocycles. The van der Waals surface area contributed by atoms with Gasteiger partial charge in [-0.25, -0.2) is 8.42 Å². The van der Waals surface area contributed by atoms with Crippen LogP contribution in [0.3, 0.4) is 0 Å². The van der Waals surface area contributed by atoms with Crippen LogP contribution >= 0.6 is 0 Å². The van der Waals surface area contributed by atoms with Gasteiger partial charge in [0.15, 0.2) is 9.84 Å². The van der Waals surface area contributed by atoms with Crippen molar-refractivity contribution in [3.63, 3.8) is 0 Å². The molecule has 2 amide bonds. The first-order chi connectivity index (χ1) is 11.7. The third-order valence-corrected chi connectivity index (χ3v) is 6.05. The Balaban J connectivity index is 1.80. The van der Waals surface area contributed by atoms with Crippen LogP contribution in [0.2, 0.25) is 0 Å². The average molecular weight is 367 g/mol. The molecule has 0 spiro atoms.